The van der Waals surface area contributed by atoms with Gasteiger partial charge in [0, 0.05) is 44.2 Å². The molecule has 194 valence electrons. The maximum Gasteiger partial charge on any atom is 0.225 e. The number of aryl methyl sites for hydroxylation is 1. The van der Waals surface area contributed by atoms with Gasteiger partial charge in [0.2, 0.25) is 5.91 Å². The molecule has 1 saturated heterocycles. The number of benzene rings is 1. The number of anilines is 1. The quantitative estimate of drug-likeness (QED) is 0.403. The molecule has 0 spiro atoms. The van der Waals surface area contributed by atoms with Crippen molar-refractivity contribution in [1.82, 2.24) is 19.6 Å². The number of rotatable bonds is 12. The predicted molar refractivity (Wildman–Crippen MR) is 142 cm³/mol. The topological polar surface area (TPSA) is 44.6 Å². The number of amides is 1. The van der Waals surface area contributed by atoms with Crippen LogP contribution in [0.15, 0.2) is 24.3 Å². The lowest BCUT2D eigenvalue weighted by Gasteiger charge is -2.36. The van der Waals surface area contributed by atoms with E-state index in [1.165, 1.54) is 12.1 Å². The summed E-state index contributed by atoms with van der Waals surface area (Å²) in [5.74, 6) is 1.04. The molecule has 1 aliphatic rings. The summed E-state index contributed by atoms with van der Waals surface area (Å²) in [6, 6.07) is 6.63. The van der Waals surface area contributed by atoms with Gasteiger partial charge in [-0.15, -0.1) is 0 Å². The summed E-state index contributed by atoms with van der Waals surface area (Å²) in [6.07, 6.45) is 4.90. The van der Waals surface area contributed by atoms with E-state index in [1.54, 1.807) is 6.07 Å². The van der Waals surface area contributed by atoms with Crippen LogP contribution in [-0.4, -0.2) is 64.8 Å². The molecule has 7 heteroatoms. The van der Waals surface area contributed by atoms with Crippen molar-refractivity contribution < 1.29 is 9.18 Å². The van der Waals surface area contributed by atoms with Gasteiger partial charge in [0.1, 0.15) is 11.6 Å². The lowest BCUT2D eigenvalue weighted by Crippen LogP contribution is -2.47. The molecule has 2 aromatic rings. The fraction of sp³-hybridized carbons (Fsp3) is 0.643. The number of hydrogen-bond acceptors (Lipinski definition) is 4. The summed E-state index contributed by atoms with van der Waals surface area (Å²) >= 11 is 0. The third-order valence-electron chi connectivity index (χ3n) is 7.23. The molecular weight excluding hydrogens is 441 g/mol. The summed E-state index contributed by atoms with van der Waals surface area (Å²) in [5.41, 5.74) is 2.69. The number of carbonyl (C=O) groups excluding carboxylic acids is 1. The zero-order valence-corrected chi connectivity index (χ0v) is 22.4. The minimum atomic E-state index is -0.275. The Kier molecular flexibility index (Phi) is 10.1. The Morgan fingerprint density at radius 3 is 2.46 bits per heavy atom. The zero-order valence-electron chi connectivity index (χ0n) is 22.4. The third-order valence-corrected chi connectivity index (χ3v) is 7.23. The molecule has 0 unspecified atom stereocenters. The van der Waals surface area contributed by atoms with Gasteiger partial charge >= 0.3 is 0 Å². The van der Waals surface area contributed by atoms with Gasteiger partial charge in [-0.3, -0.25) is 4.79 Å². The van der Waals surface area contributed by atoms with Gasteiger partial charge in [-0.25, -0.2) is 9.07 Å². The van der Waals surface area contributed by atoms with Crippen LogP contribution in [0, 0.1) is 18.7 Å². The Morgan fingerprint density at radius 2 is 1.86 bits per heavy atom. The molecular formula is C28H44FN5O. The van der Waals surface area contributed by atoms with Crippen molar-refractivity contribution in [3.8, 4) is 5.69 Å². The van der Waals surface area contributed by atoms with Gasteiger partial charge in [0.05, 0.1) is 17.9 Å². The first-order valence-electron chi connectivity index (χ1n) is 13.5. The van der Waals surface area contributed by atoms with Crippen molar-refractivity contribution in [2.45, 2.75) is 73.3 Å². The van der Waals surface area contributed by atoms with Crippen molar-refractivity contribution in [2.75, 3.05) is 44.2 Å². The predicted octanol–water partition coefficient (Wildman–Crippen LogP) is 5.42. The number of aromatic nitrogens is 2. The maximum atomic E-state index is 14.2. The van der Waals surface area contributed by atoms with Crippen molar-refractivity contribution in [3.63, 3.8) is 0 Å². The molecule has 35 heavy (non-hydrogen) atoms. The van der Waals surface area contributed by atoms with Crippen LogP contribution in [0.1, 0.15) is 71.1 Å². The summed E-state index contributed by atoms with van der Waals surface area (Å²) in [4.78, 5) is 20.5. The second-order valence-corrected chi connectivity index (χ2v) is 9.71. The molecule has 0 aliphatic carbocycles. The molecule has 6 nitrogen and oxygen atoms in total. The monoisotopic (exact) mass is 485 g/mol. The number of likely N-dealkylation sites (N-methyl/N-ethyl adjacent to an activating group) is 1. The first kappa shape index (κ1) is 27.2. The van der Waals surface area contributed by atoms with E-state index in [4.69, 9.17) is 5.10 Å². The standard InChI is InChI=1S/C28H44FN5O/c1-6-10-12-23(8-3)28(35)33(15-7-2)21-26-22(5)30-34(25-14-11-13-24(29)20-25)27(26)32-18-16-31(9-4)17-19-32/h11,13-14,20,23H,6-10,12,15-19,21H2,1-5H3/t23-/m0/s1. The lowest BCUT2D eigenvalue weighted by molar-refractivity contribution is -0.136. The van der Waals surface area contributed by atoms with E-state index < -0.39 is 0 Å². The van der Waals surface area contributed by atoms with E-state index in [9.17, 15) is 9.18 Å². The Balaban J connectivity index is 2.00. The van der Waals surface area contributed by atoms with Crippen LogP contribution < -0.4 is 4.90 Å². The zero-order chi connectivity index (χ0) is 25.4. The summed E-state index contributed by atoms with van der Waals surface area (Å²) in [5, 5.41) is 4.88. The van der Waals surface area contributed by atoms with Gasteiger partial charge in [-0.2, -0.15) is 5.10 Å². The largest absolute Gasteiger partial charge is 0.354 e. The van der Waals surface area contributed by atoms with Crippen LogP contribution in [0.25, 0.3) is 5.69 Å². The maximum absolute atomic E-state index is 14.2. The third kappa shape index (κ3) is 6.63. The number of halogens is 1. The van der Waals surface area contributed by atoms with Gasteiger partial charge in [0.15, 0.2) is 0 Å². The minimum Gasteiger partial charge on any atom is -0.354 e. The normalized spacial score (nSPS) is 15.4. The Hall–Kier alpha value is -2.41. The van der Waals surface area contributed by atoms with Crippen LogP contribution in [0.3, 0.4) is 0 Å². The van der Waals surface area contributed by atoms with E-state index in [1.807, 2.05) is 22.6 Å². The Bertz CT molecular complexity index is 951. The van der Waals surface area contributed by atoms with Crippen molar-refractivity contribution in [3.05, 3.63) is 41.3 Å². The molecule has 1 aromatic carbocycles. The summed E-state index contributed by atoms with van der Waals surface area (Å²) in [7, 11) is 0. The summed E-state index contributed by atoms with van der Waals surface area (Å²) < 4.78 is 16.1. The fourth-order valence-corrected chi connectivity index (χ4v) is 5.06. The molecule has 1 aromatic heterocycles. The highest BCUT2D eigenvalue weighted by Crippen LogP contribution is 2.31. The van der Waals surface area contributed by atoms with E-state index in [0.29, 0.717) is 6.54 Å². The SMILES string of the molecule is CCCC[C@H](CC)C(=O)N(CCC)Cc1c(C)nn(-c2cccc(F)c2)c1N1CCN(CC)CC1. The van der Waals surface area contributed by atoms with Crippen LogP contribution in [-0.2, 0) is 11.3 Å². The number of piperazine rings is 1. The lowest BCUT2D eigenvalue weighted by atomic mass is 9.97. The first-order valence-corrected chi connectivity index (χ1v) is 13.5. The molecule has 0 saturated carbocycles. The van der Waals surface area contributed by atoms with Gasteiger partial charge in [-0.1, -0.05) is 46.6 Å². The van der Waals surface area contributed by atoms with E-state index in [0.717, 1.165) is 94.1 Å². The molecule has 1 atom stereocenters. The van der Waals surface area contributed by atoms with Gasteiger partial charge < -0.3 is 14.7 Å². The highest BCUT2D eigenvalue weighted by atomic mass is 19.1. The van der Waals surface area contributed by atoms with Crippen molar-refractivity contribution in [2.24, 2.45) is 5.92 Å². The Labute approximate surface area is 211 Å². The molecule has 3 rings (SSSR count). The number of nitrogens with zero attached hydrogens (tertiary/aromatic N) is 5. The second kappa shape index (κ2) is 13.1. The van der Waals surface area contributed by atoms with Crippen LogP contribution in [0.4, 0.5) is 10.2 Å². The van der Waals surface area contributed by atoms with Crippen LogP contribution >= 0.6 is 0 Å². The molecule has 1 aliphatic heterocycles. The molecule has 1 amide bonds. The van der Waals surface area contributed by atoms with Crippen molar-refractivity contribution in [1.29, 1.82) is 0 Å². The average molecular weight is 486 g/mol. The summed E-state index contributed by atoms with van der Waals surface area (Å²) in [6.45, 7) is 16.7. The molecule has 0 radical (unpaired) electrons. The highest BCUT2D eigenvalue weighted by Gasteiger charge is 2.29. The Morgan fingerprint density at radius 1 is 1.11 bits per heavy atom. The molecule has 2 heterocycles. The van der Waals surface area contributed by atoms with E-state index >= 15 is 0 Å². The first-order chi connectivity index (χ1) is 16.9. The second-order valence-electron chi connectivity index (χ2n) is 9.71. The average Bonchev–Trinajstić information content (AvgIpc) is 3.20. The number of carbonyl (C=O) groups is 1. The smallest absolute Gasteiger partial charge is 0.225 e. The van der Waals surface area contributed by atoms with Crippen LogP contribution in [0.2, 0.25) is 0 Å². The van der Waals surface area contributed by atoms with Gasteiger partial charge in [0.25, 0.3) is 0 Å². The van der Waals surface area contributed by atoms with E-state index in [2.05, 4.69) is 37.5 Å². The number of unbranched alkanes of at least 4 members (excludes halogenated alkanes) is 1. The molecule has 1 fully saturated rings. The van der Waals surface area contributed by atoms with Crippen molar-refractivity contribution >= 4 is 11.7 Å². The molecule has 0 N–H and O–H groups in total. The van der Waals surface area contributed by atoms with Gasteiger partial charge in [-0.05, 0) is 50.9 Å². The minimum absolute atomic E-state index is 0.0663. The van der Waals surface area contributed by atoms with E-state index in [-0.39, 0.29) is 17.6 Å². The number of hydrogen-bond donors (Lipinski definition) is 0. The fourth-order valence-electron chi connectivity index (χ4n) is 5.06. The molecule has 0 bridgehead atoms. The van der Waals surface area contributed by atoms with Crippen LogP contribution in [0.5, 0.6) is 0 Å². The highest BCUT2D eigenvalue weighted by molar-refractivity contribution is 5.79.